The predicted molar refractivity (Wildman–Crippen MR) is 110 cm³/mol. The summed E-state index contributed by atoms with van der Waals surface area (Å²) in [4.78, 5) is 18.1. The lowest BCUT2D eigenvalue weighted by Crippen LogP contribution is -2.19. The third kappa shape index (κ3) is 4.64. The van der Waals surface area contributed by atoms with Crippen LogP contribution in [0.1, 0.15) is 11.8 Å². The van der Waals surface area contributed by atoms with Crippen LogP contribution < -0.4 is 4.80 Å². The van der Waals surface area contributed by atoms with E-state index in [0.29, 0.717) is 34.6 Å². The highest BCUT2D eigenvalue weighted by Crippen LogP contribution is 2.29. The zero-order valence-corrected chi connectivity index (χ0v) is 17.1. The number of rotatable bonds is 6. The summed E-state index contributed by atoms with van der Waals surface area (Å²) >= 11 is 15.4. The van der Waals surface area contributed by atoms with E-state index in [1.165, 1.54) is 17.4 Å². The molecule has 26 heavy (non-hydrogen) atoms. The topological polar surface area (TPSA) is 43.6 Å². The molecule has 0 spiro atoms. The van der Waals surface area contributed by atoms with E-state index in [1.807, 2.05) is 35.1 Å². The van der Waals surface area contributed by atoms with Gasteiger partial charge in [0.15, 0.2) is 4.80 Å². The van der Waals surface area contributed by atoms with E-state index in [9.17, 15) is 4.79 Å². The first-order valence-electron chi connectivity index (χ1n) is 7.95. The lowest BCUT2D eigenvalue weighted by molar-refractivity contribution is -0.113. The van der Waals surface area contributed by atoms with Crippen LogP contribution in [-0.4, -0.2) is 23.7 Å². The summed E-state index contributed by atoms with van der Waals surface area (Å²) in [5, 5.41) is 3.04. The first-order valence-corrected chi connectivity index (χ1v) is 10.4. The Morgan fingerprint density at radius 3 is 2.96 bits per heavy atom. The van der Waals surface area contributed by atoms with E-state index in [4.69, 9.17) is 27.9 Å². The number of fused-ring (bicyclic) bond motifs is 1. The summed E-state index contributed by atoms with van der Waals surface area (Å²) in [6.45, 7) is 3.62. The first kappa shape index (κ1) is 19.3. The second kappa shape index (κ2) is 8.97. The molecule has 0 atom stereocenters. The maximum Gasteiger partial charge on any atom is 0.272 e. The monoisotopic (exact) mass is 426 g/mol. The third-order valence-electron chi connectivity index (χ3n) is 3.50. The molecule has 0 radical (unpaired) electrons. The molecule has 0 bridgehead atoms. The minimum atomic E-state index is -0.322. The standard InChI is InChI=1S/C18H16Cl2N2O2S2/c1-2-24-8-7-22-17-14(20)10-12(19)11-15(17)26-18(22)21-16(23)6-5-13-4-3-9-25-13/h3-6,9-11H,2,7-8H2,1H3/b6-5+,21-18?. The molecule has 0 fully saturated rings. The van der Waals surface area contributed by atoms with Gasteiger partial charge >= 0.3 is 0 Å². The van der Waals surface area contributed by atoms with Crippen LogP contribution in [0.25, 0.3) is 16.3 Å². The number of carbonyl (C=O) groups excluding carboxylic acids is 1. The number of thiazole rings is 1. The highest BCUT2D eigenvalue weighted by atomic mass is 35.5. The van der Waals surface area contributed by atoms with Crippen LogP contribution in [0.3, 0.4) is 0 Å². The zero-order valence-electron chi connectivity index (χ0n) is 13.9. The van der Waals surface area contributed by atoms with Gasteiger partial charge in [-0.15, -0.1) is 11.3 Å². The number of halogens is 2. The van der Waals surface area contributed by atoms with Crippen molar-refractivity contribution in [1.29, 1.82) is 0 Å². The molecule has 0 N–H and O–H groups in total. The molecule has 1 aromatic carbocycles. The minimum Gasteiger partial charge on any atom is -0.380 e. The summed E-state index contributed by atoms with van der Waals surface area (Å²) in [5.74, 6) is -0.322. The molecular formula is C18H16Cl2N2O2S2. The van der Waals surface area contributed by atoms with Crippen molar-refractivity contribution in [3.05, 3.63) is 55.4 Å². The molecule has 4 nitrogen and oxygen atoms in total. The van der Waals surface area contributed by atoms with Crippen molar-refractivity contribution in [1.82, 2.24) is 4.57 Å². The molecule has 8 heteroatoms. The Hall–Kier alpha value is -1.44. The van der Waals surface area contributed by atoms with E-state index in [1.54, 1.807) is 23.5 Å². The maximum absolute atomic E-state index is 12.3. The Labute approximate surface area is 169 Å². The molecule has 0 saturated heterocycles. The summed E-state index contributed by atoms with van der Waals surface area (Å²) in [7, 11) is 0. The number of ether oxygens (including phenoxy) is 1. The lowest BCUT2D eigenvalue weighted by atomic mass is 10.3. The maximum atomic E-state index is 12.3. The summed E-state index contributed by atoms with van der Waals surface area (Å²) < 4.78 is 8.24. The van der Waals surface area contributed by atoms with Crippen molar-refractivity contribution in [3.63, 3.8) is 0 Å². The van der Waals surface area contributed by atoms with Crippen LogP contribution in [-0.2, 0) is 16.1 Å². The number of hydrogen-bond acceptors (Lipinski definition) is 4. The van der Waals surface area contributed by atoms with Gasteiger partial charge in [0.1, 0.15) is 0 Å². The number of hydrogen-bond donors (Lipinski definition) is 0. The van der Waals surface area contributed by atoms with Gasteiger partial charge < -0.3 is 9.30 Å². The van der Waals surface area contributed by atoms with Crippen LogP contribution in [0.2, 0.25) is 10.0 Å². The van der Waals surface area contributed by atoms with Gasteiger partial charge in [0.25, 0.3) is 5.91 Å². The van der Waals surface area contributed by atoms with Crippen LogP contribution >= 0.6 is 45.9 Å². The molecule has 0 aliphatic carbocycles. The van der Waals surface area contributed by atoms with Gasteiger partial charge in [-0.2, -0.15) is 4.99 Å². The van der Waals surface area contributed by atoms with Crippen molar-refractivity contribution >= 4 is 68.1 Å². The van der Waals surface area contributed by atoms with Gasteiger partial charge in [0.2, 0.25) is 0 Å². The van der Waals surface area contributed by atoms with Gasteiger partial charge in [-0.05, 0) is 36.6 Å². The molecule has 136 valence electrons. The van der Waals surface area contributed by atoms with E-state index in [-0.39, 0.29) is 5.91 Å². The Morgan fingerprint density at radius 2 is 2.23 bits per heavy atom. The van der Waals surface area contributed by atoms with E-state index >= 15 is 0 Å². The van der Waals surface area contributed by atoms with Gasteiger partial charge in [-0.25, -0.2) is 0 Å². The lowest BCUT2D eigenvalue weighted by Gasteiger charge is -2.06. The van der Waals surface area contributed by atoms with Crippen molar-refractivity contribution in [2.24, 2.45) is 4.99 Å². The van der Waals surface area contributed by atoms with Crippen LogP contribution in [0.15, 0.2) is 40.7 Å². The van der Waals surface area contributed by atoms with E-state index in [2.05, 4.69) is 4.99 Å². The molecule has 0 aliphatic heterocycles. The molecule has 0 aliphatic rings. The SMILES string of the molecule is CCOCCn1c(=NC(=O)/C=C/c2cccs2)sc2cc(Cl)cc(Cl)c21. The fourth-order valence-electron chi connectivity index (χ4n) is 2.39. The fraction of sp³-hybridized carbons (Fsp3) is 0.222. The third-order valence-corrected chi connectivity index (χ3v) is 5.87. The number of thiophene rings is 1. The fourth-order valence-corrected chi connectivity index (χ4v) is 4.86. The molecule has 1 amide bonds. The van der Waals surface area contributed by atoms with Crippen molar-refractivity contribution in [2.75, 3.05) is 13.2 Å². The first-order chi connectivity index (χ1) is 12.6. The van der Waals surface area contributed by atoms with Crippen LogP contribution in [0.5, 0.6) is 0 Å². The molecule has 0 unspecified atom stereocenters. The van der Waals surface area contributed by atoms with Crippen molar-refractivity contribution in [3.8, 4) is 0 Å². The van der Waals surface area contributed by atoms with E-state index in [0.717, 1.165) is 15.1 Å². The number of aromatic nitrogens is 1. The minimum absolute atomic E-state index is 0.322. The highest BCUT2D eigenvalue weighted by Gasteiger charge is 2.12. The second-order valence-electron chi connectivity index (χ2n) is 5.27. The largest absolute Gasteiger partial charge is 0.380 e. The van der Waals surface area contributed by atoms with Crippen LogP contribution in [0, 0.1) is 0 Å². The highest BCUT2D eigenvalue weighted by molar-refractivity contribution is 7.16. The normalized spacial score (nSPS) is 12.5. The van der Waals surface area contributed by atoms with Gasteiger partial charge in [0, 0.05) is 29.1 Å². The predicted octanol–water partition coefficient (Wildman–Crippen LogP) is 5.25. The summed E-state index contributed by atoms with van der Waals surface area (Å²) in [6, 6.07) is 7.40. The second-order valence-corrected chi connectivity index (χ2v) is 8.10. The van der Waals surface area contributed by atoms with Gasteiger partial charge in [-0.1, -0.05) is 40.6 Å². The Bertz CT molecular complexity index is 1000. The molecule has 0 saturated carbocycles. The van der Waals surface area contributed by atoms with Crippen molar-refractivity contribution in [2.45, 2.75) is 13.5 Å². The number of nitrogens with zero attached hydrogens (tertiary/aromatic N) is 2. The number of amides is 1. The zero-order chi connectivity index (χ0) is 18.5. The summed E-state index contributed by atoms with van der Waals surface area (Å²) in [6.07, 6.45) is 3.23. The molecular weight excluding hydrogens is 411 g/mol. The Morgan fingerprint density at radius 1 is 1.38 bits per heavy atom. The van der Waals surface area contributed by atoms with E-state index < -0.39 is 0 Å². The Kier molecular flexibility index (Phi) is 6.67. The smallest absolute Gasteiger partial charge is 0.272 e. The van der Waals surface area contributed by atoms with Crippen LogP contribution in [0.4, 0.5) is 0 Å². The molecule has 2 aromatic heterocycles. The van der Waals surface area contributed by atoms with Gasteiger partial charge in [0.05, 0.1) is 21.8 Å². The average molecular weight is 427 g/mol. The number of carbonyl (C=O) groups is 1. The average Bonchev–Trinajstić information content (AvgIpc) is 3.21. The molecule has 2 heterocycles. The Balaban J connectivity index is 2.01. The molecule has 3 rings (SSSR count). The quantitative estimate of drug-likeness (QED) is 0.399. The summed E-state index contributed by atoms with van der Waals surface area (Å²) in [5.41, 5.74) is 0.814. The van der Waals surface area contributed by atoms with Gasteiger partial charge in [-0.3, -0.25) is 4.79 Å². The molecule has 3 aromatic rings. The number of benzene rings is 1. The van der Waals surface area contributed by atoms with Crippen molar-refractivity contribution < 1.29 is 9.53 Å².